The Bertz CT molecular complexity index is 686. The Morgan fingerprint density at radius 2 is 2.23 bits per heavy atom. The topological polar surface area (TPSA) is 74.5 Å². The first-order valence-corrected chi connectivity index (χ1v) is 7.61. The van der Waals surface area contributed by atoms with E-state index in [1.807, 2.05) is 12.1 Å². The maximum absolute atomic E-state index is 11.9. The van der Waals surface area contributed by atoms with Gasteiger partial charge in [-0.05, 0) is 25.0 Å². The van der Waals surface area contributed by atoms with Gasteiger partial charge in [0.25, 0.3) is 11.1 Å². The lowest BCUT2D eigenvalue weighted by Gasteiger charge is -2.09. The van der Waals surface area contributed by atoms with Gasteiger partial charge in [-0.3, -0.25) is 0 Å². The molecule has 0 N–H and O–H groups in total. The Kier molecular flexibility index (Phi) is 4.33. The molecular weight excluding hydrogens is 304 g/mol. The average Bonchev–Trinajstić information content (AvgIpc) is 3.07. The lowest BCUT2D eigenvalue weighted by atomic mass is 10.0. The van der Waals surface area contributed by atoms with Crippen LogP contribution < -0.4 is 4.74 Å². The highest BCUT2D eigenvalue weighted by atomic mass is 32.1. The lowest BCUT2D eigenvalue weighted by molar-refractivity contribution is 0.0364. The van der Waals surface area contributed by atoms with Crippen LogP contribution in [0, 0.1) is 0 Å². The smallest absolute Gasteiger partial charge is 0.339 e. The zero-order chi connectivity index (χ0) is 15.5. The van der Waals surface area contributed by atoms with Crippen molar-refractivity contribution < 1.29 is 18.7 Å². The molecule has 0 aliphatic carbocycles. The minimum absolute atomic E-state index is 0.126. The van der Waals surface area contributed by atoms with Gasteiger partial charge in [-0.1, -0.05) is 32.0 Å². The third-order valence-electron chi connectivity index (χ3n) is 3.48. The van der Waals surface area contributed by atoms with Crippen LogP contribution in [0.15, 0.2) is 27.8 Å². The predicted molar refractivity (Wildman–Crippen MR) is 80.0 cm³/mol. The second kappa shape index (κ2) is 6.39. The number of fused-ring (bicyclic) bond motifs is 1. The molecule has 0 radical (unpaired) electrons. The number of unbranched alkanes of at least 4 members (excludes halogenated alkanes) is 1. The number of thiol groups is 1. The molecule has 3 rings (SSSR count). The van der Waals surface area contributed by atoms with E-state index in [1.54, 1.807) is 6.07 Å². The van der Waals surface area contributed by atoms with Gasteiger partial charge in [-0.25, -0.2) is 4.79 Å². The van der Waals surface area contributed by atoms with E-state index >= 15 is 0 Å². The number of aromatic nitrogens is 2. The van der Waals surface area contributed by atoms with Gasteiger partial charge in [0.15, 0.2) is 6.61 Å². The zero-order valence-electron chi connectivity index (χ0n) is 12.1. The normalized spacial score (nSPS) is 16.5. The second-order valence-corrected chi connectivity index (χ2v) is 5.43. The van der Waals surface area contributed by atoms with Gasteiger partial charge in [0.1, 0.15) is 11.9 Å². The van der Waals surface area contributed by atoms with E-state index in [0.717, 1.165) is 24.8 Å². The van der Waals surface area contributed by atoms with E-state index in [-0.39, 0.29) is 23.9 Å². The maximum atomic E-state index is 11.9. The molecule has 1 aromatic heterocycles. The minimum atomic E-state index is -0.294. The molecule has 0 saturated heterocycles. The van der Waals surface area contributed by atoms with Crippen LogP contribution in [0.25, 0.3) is 0 Å². The quantitative estimate of drug-likeness (QED) is 0.650. The highest BCUT2D eigenvalue weighted by molar-refractivity contribution is 7.80. The van der Waals surface area contributed by atoms with Crippen molar-refractivity contribution in [2.45, 2.75) is 44.1 Å². The summed E-state index contributed by atoms with van der Waals surface area (Å²) in [5.41, 5.74) is 1.50. The fourth-order valence-electron chi connectivity index (χ4n) is 2.39. The molecule has 7 heteroatoms. The molecule has 0 spiro atoms. The molecule has 0 fully saturated rings. The number of carbonyl (C=O) groups excluding carboxylic acids is 1. The molecule has 116 valence electrons. The number of rotatable bonds is 6. The van der Waals surface area contributed by atoms with Gasteiger partial charge < -0.3 is 13.9 Å². The SMILES string of the molecule is CCCCC1OC(=O)c2cc(OCc3nnc(S)o3)ccc21. The van der Waals surface area contributed by atoms with E-state index in [2.05, 4.69) is 29.7 Å². The number of esters is 1. The maximum Gasteiger partial charge on any atom is 0.339 e. The number of hydrogen-bond acceptors (Lipinski definition) is 7. The standard InChI is InChI=1S/C15H16N2O4S/c1-2-3-4-12-10-6-5-9(7-11(10)14(18)20-12)19-8-13-16-17-15(22)21-13/h5-7,12H,2-4,8H2,1H3,(H,17,22). The Hall–Kier alpha value is -2.02. The average molecular weight is 320 g/mol. The van der Waals surface area contributed by atoms with Crippen LogP contribution in [0.3, 0.4) is 0 Å². The van der Waals surface area contributed by atoms with Crippen molar-refractivity contribution in [1.29, 1.82) is 0 Å². The van der Waals surface area contributed by atoms with Gasteiger partial charge in [0.05, 0.1) is 5.56 Å². The van der Waals surface area contributed by atoms with Crippen molar-refractivity contribution in [3.05, 3.63) is 35.2 Å². The molecule has 2 aromatic rings. The number of nitrogens with zero attached hydrogens (tertiary/aromatic N) is 2. The fourth-order valence-corrected chi connectivity index (χ4v) is 2.54. The summed E-state index contributed by atoms with van der Waals surface area (Å²) in [5.74, 6) is 0.594. The van der Waals surface area contributed by atoms with E-state index in [9.17, 15) is 4.79 Å². The third kappa shape index (κ3) is 3.09. The van der Waals surface area contributed by atoms with E-state index in [1.165, 1.54) is 0 Å². The van der Waals surface area contributed by atoms with Gasteiger partial charge in [0, 0.05) is 5.56 Å². The zero-order valence-corrected chi connectivity index (χ0v) is 13.0. The van der Waals surface area contributed by atoms with Crippen molar-refractivity contribution in [2.75, 3.05) is 0 Å². The molecule has 1 aromatic carbocycles. The molecule has 1 aliphatic rings. The predicted octanol–water partition coefficient (Wildman–Crippen LogP) is 3.34. The number of benzene rings is 1. The molecule has 0 saturated carbocycles. The number of ether oxygens (including phenoxy) is 2. The van der Waals surface area contributed by atoms with Crippen molar-refractivity contribution in [3.63, 3.8) is 0 Å². The Morgan fingerprint density at radius 1 is 1.36 bits per heavy atom. The molecule has 1 atom stereocenters. The first-order valence-electron chi connectivity index (χ1n) is 7.16. The van der Waals surface area contributed by atoms with Crippen LogP contribution in [-0.2, 0) is 11.3 Å². The fraction of sp³-hybridized carbons (Fsp3) is 0.400. The van der Waals surface area contributed by atoms with Gasteiger partial charge in [-0.2, -0.15) is 0 Å². The monoisotopic (exact) mass is 320 g/mol. The molecular formula is C15H16N2O4S. The van der Waals surface area contributed by atoms with Crippen molar-refractivity contribution in [1.82, 2.24) is 10.2 Å². The minimum Gasteiger partial charge on any atom is -0.484 e. The second-order valence-electron chi connectivity index (χ2n) is 5.05. The first kappa shape index (κ1) is 14.9. The van der Waals surface area contributed by atoms with Crippen LogP contribution >= 0.6 is 12.6 Å². The summed E-state index contributed by atoms with van der Waals surface area (Å²) < 4.78 is 16.1. The lowest BCUT2D eigenvalue weighted by Crippen LogP contribution is -1.98. The summed E-state index contributed by atoms with van der Waals surface area (Å²) >= 11 is 3.93. The summed E-state index contributed by atoms with van der Waals surface area (Å²) in [6, 6.07) is 5.40. The van der Waals surface area contributed by atoms with Crippen LogP contribution in [0.2, 0.25) is 0 Å². The highest BCUT2D eigenvalue weighted by Crippen LogP contribution is 2.36. The third-order valence-corrected chi connectivity index (χ3v) is 3.66. The highest BCUT2D eigenvalue weighted by Gasteiger charge is 2.30. The van der Waals surface area contributed by atoms with Crippen LogP contribution in [-0.4, -0.2) is 16.2 Å². The van der Waals surface area contributed by atoms with Crippen LogP contribution in [0.1, 0.15) is 54.1 Å². The van der Waals surface area contributed by atoms with Crippen molar-refractivity contribution in [3.8, 4) is 5.75 Å². The summed E-state index contributed by atoms with van der Waals surface area (Å²) in [6.07, 6.45) is 2.81. The number of carbonyl (C=O) groups is 1. The van der Waals surface area contributed by atoms with Gasteiger partial charge in [0.2, 0.25) is 0 Å². The molecule has 1 aliphatic heterocycles. The Morgan fingerprint density at radius 3 is 2.95 bits per heavy atom. The van der Waals surface area contributed by atoms with Crippen molar-refractivity contribution in [2.24, 2.45) is 0 Å². The van der Waals surface area contributed by atoms with E-state index < -0.39 is 0 Å². The van der Waals surface area contributed by atoms with Gasteiger partial charge >= 0.3 is 5.97 Å². The molecule has 22 heavy (non-hydrogen) atoms. The van der Waals surface area contributed by atoms with Gasteiger partial charge in [-0.15, -0.1) is 10.2 Å². The summed E-state index contributed by atoms with van der Waals surface area (Å²) in [5, 5.41) is 7.57. The van der Waals surface area contributed by atoms with Crippen LogP contribution in [0.4, 0.5) is 0 Å². The molecule has 0 amide bonds. The Labute approximate surface area is 133 Å². The summed E-state index contributed by atoms with van der Waals surface area (Å²) in [6.45, 7) is 2.24. The Balaban J connectivity index is 1.71. The molecule has 6 nitrogen and oxygen atoms in total. The summed E-state index contributed by atoms with van der Waals surface area (Å²) in [7, 11) is 0. The molecule has 0 bridgehead atoms. The van der Waals surface area contributed by atoms with Crippen LogP contribution in [0.5, 0.6) is 5.75 Å². The number of cyclic esters (lactones) is 1. The van der Waals surface area contributed by atoms with E-state index in [4.69, 9.17) is 13.9 Å². The first-order chi connectivity index (χ1) is 10.7. The molecule has 1 unspecified atom stereocenters. The summed E-state index contributed by atoms with van der Waals surface area (Å²) in [4.78, 5) is 11.9. The largest absolute Gasteiger partial charge is 0.484 e. The molecule has 2 heterocycles. The van der Waals surface area contributed by atoms with Crippen molar-refractivity contribution >= 4 is 18.6 Å². The number of hydrogen-bond donors (Lipinski definition) is 1. The van der Waals surface area contributed by atoms with E-state index in [0.29, 0.717) is 17.2 Å².